The summed E-state index contributed by atoms with van der Waals surface area (Å²) in [4.78, 5) is 14.2. The first-order valence-corrected chi connectivity index (χ1v) is 12.7. The van der Waals surface area contributed by atoms with Crippen molar-refractivity contribution in [3.05, 3.63) is 53.1 Å². The number of guanidine groups is 1. The Morgan fingerprint density at radius 3 is 2.45 bits per heavy atom. The molecule has 204 valence electrons. The molecule has 10 heteroatoms. The Hall–Kier alpha value is -3.74. The number of carbonyl (C=O) groups is 1. The maximum atomic E-state index is 13.8. The first kappa shape index (κ1) is 28.8. The van der Waals surface area contributed by atoms with Crippen LogP contribution in [0.1, 0.15) is 55.7 Å². The lowest BCUT2D eigenvalue weighted by atomic mass is 9.88. The molecule has 0 radical (unpaired) electrons. The highest BCUT2D eigenvalue weighted by Crippen LogP contribution is 2.38. The zero-order valence-electron chi connectivity index (χ0n) is 21.6. The van der Waals surface area contributed by atoms with Crippen molar-refractivity contribution < 1.29 is 27.8 Å². The fraction of sp³-hybridized carbons (Fsp3) is 0.464. The van der Waals surface area contributed by atoms with Crippen LogP contribution in [-0.2, 0) is 23.9 Å². The van der Waals surface area contributed by atoms with E-state index >= 15 is 0 Å². The van der Waals surface area contributed by atoms with E-state index in [0.717, 1.165) is 44.2 Å². The van der Waals surface area contributed by atoms with Crippen LogP contribution in [0.4, 0.5) is 13.2 Å². The average Bonchev–Trinajstić information content (AvgIpc) is 2.88. The van der Waals surface area contributed by atoms with E-state index in [4.69, 9.17) is 10.1 Å². The van der Waals surface area contributed by atoms with Gasteiger partial charge in [-0.1, -0.05) is 31.4 Å². The molecule has 0 bridgehead atoms. The van der Waals surface area contributed by atoms with Gasteiger partial charge < -0.3 is 14.7 Å². The number of hydrogen-bond acceptors (Lipinski definition) is 4. The van der Waals surface area contributed by atoms with Crippen LogP contribution in [0.25, 0.3) is 11.1 Å². The van der Waals surface area contributed by atoms with Crippen LogP contribution in [0.15, 0.2) is 36.4 Å². The molecule has 0 saturated heterocycles. The summed E-state index contributed by atoms with van der Waals surface area (Å²) in [7, 11) is 1.44. The van der Waals surface area contributed by atoms with Crippen molar-refractivity contribution in [2.45, 2.75) is 58.2 Å². The van der Waals surface area contributed by atoms with Crippen molar-refractivity contribution in [3.63, 3.8) is 0 Å². The quantitative estimate of drug-likeness (QED) is 0.175. The Balaban J connectivity index is 2.13. The summed E-state index contributed by atoms with van der Waals surface area (Å²) < 4.78 is 46.8. The molecule has 1 fully saturated rings. The molecule has 0 aliphatic heterocycles. The summed E-state index contributed by atoms with van der Waals surface area (Å²) >= 11 is 0. The topological polar surface area (TPSA) is 101 Å². The van der Waals surface area contributed by atoms with Gasteiger partial charge in [0, 0.05) is 25.2 Å². The van der Waals surface area contributed by atoms with Crippen molar-refractivity contribution in [3.8, 4) is 23.1 Å². The third kappa shape index (κ3) is 7.18. The third-order valence-corrected chi connectivity index (χ3v) is 6.90. The maximum absolute atomic E-state index is 13.8. The molecular formula is C28H33F3N4O3. The molecule has 2 N–H and O–H groups in total. The molecule has 0 amide bonds. The maximum Gasteiger partial charge on any atom is 0.416 e. The molecule has 2 aromatic carbocycles. The van der Waals surface area contributed by atoms with E-state index in [1.807, 2.05) is 6.19 Å². The number of alkyl halides is 3. The molecule has 2 aromatic rings. The number of carboxylic acid groups (broad SMARTS) is 1. The van der Waals surface area contributed by atoms with Crippen LogP contribution in [0, 0.1) is 22.8 Å². The van der Waals surface area contributed by atoms with Crippen molar-refractivity contribution in [1.29, 1.82) is 10.7 Å². The largest absolute Gasteiger partial charge is 0.496 e. The minimum absolute atomic E-state index is 0.0287. The van der Waals surface area contributed by atoms with Crippen molar-refractivity contribution in [1.82, 2.24) is 9.80 Å². The van der Waals surface area contributed by atoms with E-state index < -0.39 is 17.7 Å². The number of ether oxygens (including phenoxy) is 1. The number of nitrogens with zero attached hydrogens (tertiary/aromatic N) is 3. The van der Waals surface area contributed by atoms with Gasteiger partial charge in [-0.3, -0.25) is 10.2 Å². The van der Waals surface area contributed by atoms with E-state index in [1.165, 1.54) is 18.1 Å². The fourth-order valence-electron chi connectivity index (χ4n) is 4.97. The summed E-state index contributed by atoms with van der Waals surface area (Å²) in [6.45, 7) is 2.42. The zero-order valence-corrected chi connectivity index (χ0v) is 21.6. The predicted molar refractivity (Wildman–Crippen MR) is 137 cm³/mol. The molecule has 0 spiro atoms. The van der Waals surface area contributed by atoms with Gasteiger partial charge in [0.05, 0.1) is 19.1 Å². The number of aliphatic carboxylic acids is 1. The third-order valence-electron chi connectivity index (χ3n) is 6.90. The summed E-state index contributed by atoms with van der Waals surface area (Å²) in [5.41, 5.74) is 0.872. The highest BCUT2D eigenvalue weighted by atomic mass is 19.4. The first-order valence-electron chi connectivity index (χ1n) is 12.7. The Bertz CT molecular complexity index is 1190. The van der Waals surface area contributed by atoms with Gasteiger partial charge in [0.25, 0.3) is 0 Å². The lowest BCUT2D eigenvalue weighted by molar-refractivity contribution is -0.138. The molecule has 0 aromatic heterocycles. The van der Waals surface area contributed by atoms with Gasteiger partial charge >= 0.3 is 12.1 Å². The standard InChI is InChI=1S/C28H33F3N4O3/c1-3-34(18-32)27(33)35(16-19-7-5-4-6-8-19)17-21-15-22(28(29,30)31)10-11-23(21)24-13-20(14-26(36)37)9-12-25(24)38-2/h9-13,15,19,33H,3-8,14,16-17H2,1-2H3,(H,36,37). The van der Waals surface area contributed by atoms with Crippen LogP contribution >= 0.6 is 0 Å². The Morgan fingerprint density at radius 1 is 1.16 bits per heavy atom. The van der Waals surface area contributed by atoms with Crippen LogP contribution in [0.3, 0.4) is 0 Å². The van der Waals surface area contributed by atoms with Crippen molar-refractivity contribution >= 4 is 11.9 Å². The van der Waals surface area contributed by atoms with E-state index in [9.17, 15) is 28.3 Å². The molecule has 0 heterocycles. The number of carboxylic acids is 1. The molecule has 1 saturated carbocycles. The first-order chi connectivity index (χ1) is 18.1. The number of benzene rings is 2. The Labute approximate surface area is 220 Å². The molecule has 7 nitrogen and oxygen atoms in total. The van der Waals surface area contributed by atoms with Gasteiger partial charge in [0.15, 0.2) is 6.19 Å². The molecule has 3 rings (SSSR count). The number of halogens is 3. The SMILES string of the molecule is CCN(C#N)C(=N)N(Cc1cc(C(F)(F)F)ccc1-c1cc(CC(=O)O)ccc1OC)CC1CCCCC1. The Morgan fingerprint density at radius 2 is 1.87 bits per heavy atom. The summed E-state index contributed by atoms with van der Waals surface area (Å²) in [6, 6.07) is 8.26. The number of nitriles is 1. The van der Waals surface area contributed by atoms with Crippen LogP contribution in [-0.4, -0.2) is 47.0 Å². The molecule has 38 heavy (non-hydrogen) atoms. The van der Waals surface area contributed by atoms with Gasteiger partial charge in [-0.15, -0.1) is 0 Å². The highest BCUT2D eigenvalue weighted by Gasteiger charge is 2.32. The smallest absolute Gasteiger partial charge is 0.416 e. The monoisotopic (exact) mass is 530 g/mol. The minimum atomic E-state index is -4.58. The average molecular weight is 531 g/mol. The second kappa shape index (κ2) is 12.7. The van der Waals surface area contributed by atoms with Crippen LogP contribution < -0.4 is 4.74 Å². The second-order valence-electron chi connectivity index (χ2n) is 9.53. The van der Waals surface area contributed by atoms with E-state index in [1.54, 1.807) is 30.0 Å². The van der Waals surface area contributed by atoms with Gasteiger partial charge in [-0.25, -0.2) is 4.90 Å². The van der Waals surface area contributed by atoms with Crippen molar-refractivity contribution in [2.24, 2.45) is 5.92 Å². The predicted octanol–water partition coefficient (Wildman–Crippen LogP) is 6.13. The summed E-state index contributed by atoms with van der Waals surface area (Å²) in [5.74, 6) is -0.432. The van der Waals surface area contributed by atoms with Crippen LogP contribution in [0.2, 0.25) is 0 Å². The van der Waals surface area contributed by atoms with Gasteiger partial charge in [0.1, 0.15) is 5.75 Å². The van der Waals surface area contributed by atoms with Crippen molar-refractivity contribution in [2.75, 3.05) is 20.2 Å². The van der Waals surface area contributed by atoms with E-state index in [0.29, 0.717) is 34.5 Å². The lowest BCUT2D eigenvalue weighted by Crippen LogP contribution is -2.43. The summed E-state index contributed by atoms with van der Waals surface area (Å²) in [6.07, 6.45) is 2.34. The number of hydrogen-bond donors (Lipinski definition) is 2. The molecule has 1 aliphatic carbocycles. The van der Waals surface area contributed by atoms with E-state index in [2.05, 4.69) is 0 Å². The molecule has 0 unspecified atom stereocenters. The normalized spacial score (nSPS) is 14.0. The number of nitrogens with one attached hydrogen (secondary N) is 1. The van der Waals surface area contributed by atoms with Gasteiger partial charge in [0.2, 0.25) is 5.96 Å². The van der Waals surface area contributed by atoms with Gasteiger partial charge in [-0.2, -0.15) is 18.4 Å². The van der Waals surface area contributed by atoms with Gasteiger partial charge in [-0.05, 0) is 66.6 Å². The fourth-order valence-corrected chi connectivity index (χ4v) is 4.97. The highest BCUT2D eigenvalue weighted by molar-refractivity contribution is 5.80. The molecular weight excluding hydrogens is 497 g/mol. The van der Waals surface area contributed by atoms with E-state index in [-0.39, 0.29) is 31.4 Å². The lowest BCUT2D eigenvalue weighted by Gasteiger charge is -2.34. The molecule has 0 atom stereocenters. The minimum Gasteiger partial charge on any atom is -0.496 e. The second-order valence-corrected chi connectivity index (χ2v) is 9.53. The Kier molecular flexibility index (Phi) is 9.61. The van der Waals surface area contributed by atoms with Crippen LogP contribution in [0.5, 0.6) is 5.75 Å². The molecule has 1 aliphatic rings. The number of rotatable bonds is 9. The number of methoxy groups -OCH3 is 1. The zero-order chi connectivity index (χ0) is 27.9. The summed E-state index contributed by atoms with van der Waals surface area (Å²) in [5, 5.41) is 27.5.